The second kappa shape index (κ2) is 7.27. The van der Waals surface area contributed by atoms with Gasteiger partial charge >= 0.3 is 0 Å². The average Bonchev–Trinajstić information content (AvgIpc) is 2.87. The standard InChI is InChI=1S/C19H23N5S/c1-13-18(14(2)24(4)22-13)17-9-10-20-19(21-17)23(3)12-15-7-6-8-16(11-15)25-5/h6-11H,12H2,1-5H3. The highest BCUT2D eigenvalue weighted by Crippen LogP contribution is 2.26. The molecule has 0 unspecified atom stereocenters. The van der Waals surface area contributed by atoms with E-state index in [4.69, 9.17) is 4.98 Å². The largest absolute Gasteiger partial charge is 0.340 e. The lowest BCUT2D eigenvalue weighted by atomic mass is 10.1. The van der Waals surface area contributed by atoms with Crippen molar-refractivity contribution < 1.29 is 0 Å². The monoisotopic (exact) mass is 353 g/mol. The van der Waals surface area contributed by atoms with Gasteiger partial charge in [-0.2, -0.15) is 5.10 Å². The van der Waals surface area contributed by atoms with Crippen LogP contribution in [0.15, 0.2) is 41.4 Å². The van der Waals surface area contributed by atoms with Crippen LogP contribution in [-0.2, 0) is 13.6 Å². The van der Waals surface area contributed by atoms with Gasteiger partial charge in [0.25, 0.3) is 0 Å². The van der Waals surface area contributed by atoms with Crippen LogP contribution in [0.3, 0.4) is 0 Å². The van der Waals surface area contributed by atoms with E-state index in [1.807, 2.05) is 38.0 Å². The summed E-state index contributed by atoms with van der Waals surface area (Å²) in [6.45, 7) is 4.85. The van der Waals surface area contributed by atoms with Crippen molar-refractivity contribution in [2.75, 3.05) is 18.2 Å². The first kappa shape index (κ1) is 17.5. The number of benzene rings is 1. The molecule has 0 amide bonds. The van der Waals surface area contributed by atoms with Gasteiger partial charge in [0, 0.05) is 43.0 Å². The third-order valence-corrected chi connectivity index (χ3v) is 5.03. The number of rotatable bonds is 5. The molecule has 25 heavy (non-hydrogen) atoms. The Kier molecular flexibility index (Phi) is 5.08. The van der Waals surface area contributed by atoms with Crippen molar-refractivity contribution in [3.63, 3.8) is 0 Å². The summed E-state index contributed by atoms with van der Waals surface area (Å²) in [6, 6.07) is 10.5. The van der Waals surface area contributed by atoms with Gasteiger partial charge < -0.3 is 4.90 Å². The molecule has 2 aromatic heterocycles. The third-order valence-electron chi connectivity index (χ3n) is 4.30. The Hall–Kier alpha value is -2.34. The van der Waals surface area contributed by atoms with E-state index in [0.717, 1.165) is 35.1 Å². The highest BCUT2D eigenvalue weighted by Gasteiger charge is 2.15. The van der Waals surface area contributed by atoms with E-state index in [1.165, 1.54) is 10.5 Å². The highest BCUT2D eigenvalue weighted by atomic mass is 32.2. The molecule has 0 aliphatic carbocycles. The van der Waals surface area contributed by atoms with Crippen LogP contribution in [0.5, 0.6) is 0 Å². The van der Waals surface area contributed by atoms with Crippen LogP contribution in [0.25, 0.3) is 11.3 Å². The number of aromatic nitrogens is 4. The summed E-state index contributed by atoms with van der Waals surface area (Å²) in [5.41, 5.74) is 5.34. The first-order valence-electron chi connectivity index (χ1n) is 8.17. The molecule has 1 aromatic carbocycles. The van der Waals surface area contributed by atoms with Gasteiger partial charge in [0.2, 0.25) is 5.95 Å². The number of hydrogen-bond acceptors (Lipinski definition) is 5. The molecule has 0 N–H and O–H groups in total. The van der Waals surface area contributed by atoms with Crippen LogP contribution >= 0.6 is 11.8 Å². The Morgan fingerprint density at radius 2 is 2.00 bits per heavy atom. The lowest BCUT2D eigenvalue weighted by molar-refractivity contribution is 0.731. The van der Waals surface area contributed by atoms with E-state index in [9.17, 15) is 0 Å². The molecule has 0 aliphatic rings. The van der Waals surface area contributed by atoms with Crippen molar-refractivity contribution in [2.45, 2.75) is 25.3 Å². The van der Waals surface area contributed by atoms with Crippen molar-refractivity contribution in [3.8, 4) is 11.3 Å². The highest BCUT2D eigenvalue weighted by molar-refractivity contribution is 7.98. The molecule has 3 aromatic rings. The molecule has 0 bridgehead atoms. The Bertz CT molecular complexity index is 887. The summed E-state index contributed by atoms with van der Waals surface area (Å²) in [7, 11) is 3.98. The molecular formula is C19H23N5S. The van der Waals surface area contributed by atoms with Crippen molar-refractivity contribution in [2.24, 2.45) is 7.05 Å². The first-order chi connectivity index (χ1) is 12.0. The maximum atomic E-state index is 4.77. The number of nitrogens with zero attached hydrogens (tertiary/aromatic N) is 5. The normalized spacial score (nSPS) is 10.9. The van der Waals surface area contributed by atoms with Gasteiger partial charge in [-0.25, -0.2) is 9.97 Å². The number of anilines is 1. The van der Waals surface area contributed by atoms with Crippen molar-refractivity contribution in [1.29, 1.82) is 0 Å². The fraction of sp³-hybridized carbons (Fsp3) is 0.316. The topological polar surface area (TPSA) is 46.8 Å². The van der Waals surface area contributed by atoms with Gasteiger partial charge in [0.05, 0.1) is 11.4 Å². The zero-order valence-electron chi connectivity index (χ0n) is 15.3. The molecule has 0 saturated carbocycles. The van der Waals surface area contributed by atoms with Crippen LogP contribution in [0.4, 0.5) is 5.95 Å². The van der Waals surface area contributed by atoms with Gasteiger partial charge in [-0.3, -0.25) is 4.68 Å². The average molecular weight is 353 g/mol. The van der Waals surface area contributed by atoms with Crippen LogP contribution in [0.2, 0.25) is 0 Å². The van der Waals surface area contributed by atoms with Crippen molar-refractivity contribution in [1.82, 2.24) is 19.7 Å². The molecule has 6 heteroatoms. The van der Waals surface area contributed by atoms with E-state index < -0.39 is 0 Å². The smallest absolute Gasteiger partial charge is 0.225 e. The lowest BCUT2D eigenvalue weighted by Gasteiger charge is -2.18. The molecule has 2 heterocycles. The number of aryl methyl sites for hydroxylation is 2. The summed E-state index contributed by atoms with van der Waals surface area (Å²) < 4.78 is 1.89. The molecule has 3 rings (SSSR count). The van der Waals surface area contributed by atoms with Crippen LogP contribution < -0.4 is 4.90 Å². The summed E-state index contributed by atoms with van der Waals surface area (Å²) >= 11 is 1.75. The third kappa shape index (κ3) is 3.69. The van der Waals surface area contributed by atoms with Gasteiger partial charge in [-0.1, -0.05) is 12.1 Å². The predicted octanol–water partition coefficient (Wildman–Crippen LogP) is 3.85. The molecule has 0 aliphatic heterocycles. The predicted molar refractivity (Wildman–Crippen MR) is 104 cm³/mol. The Morgan fingerprint density at radius 3 is 2.68 bits per heavy atom. The molecule has 0 fully saturated rings. The second-order valence-corrected chi connectivity index (χ2v) is 7.00. The number of hydrogen-bond donors (Lipinski definition) is 0. The van der Waals surface area contributed by atoms with Gasteiger partial charge in [0.1, 0.15) is 0 Å². The maximum Gasteiger partial charge on any atom is 0.225 e. The second-order valence-electron chi connectivity index (χ2n) is 6.12. The van der Waals surface area contributed by atoms with Gasteiger partial charge in [0.15, 0.2) is 0 Å². The van der Waals surface area contributed by atoms with E-state index in [0.29, 0.717) is 0 Å². The fourth-order valence-electron chi connectivity index (χ4n) is 2.93. The molecule has 0 spiro atoms. The molecule has 130 valence electrons. The van der Waals surface area contributed by atoms with Crippen LogP contribution in [0, 0.1) is 13.8 Å². The fourth-order valence-corrected chi connectivity index (χ4v) is 3.42. The minimum absolute atomic E-state index is 0.717. The minimum atomic E-state index is 0.717. The zero-order chi connectivity index (χ0) is 18.0. The molecule has 0 radical (unpaired) electrons. The molecular weight excluding hydrogens is 330 g/mol. The van der Waals surface area contributed by atoms with E-state index in [-0.39, 0.29) is 0 Å². The maximum absolute atomic E-state index is 4.77. The SMILES string of the molecule is CSc1cccc(CN(C)c2nccc(-c3c(C)nn(C)c3C)n2)c1. The molecule has 0 atom stereocenters. The Morgan fingerprint density at radius 1 is 1.20 bits per heavy atom. The molecule has 5 nitrogen and oxygen atoms in total. The summed E-state index contributed by atoms with van der Waals surface area (Å²) in [6.07, 6.45) is 3.91. The summed E-state index contributed by atoms with van der Waals surface area (Å²) in [4.78, 5) is 12.6. The van der Waals surface area contributed by atoms with Crippen LogP contribution in [0.1, 0.15) is 17.0 Å². The van der Waals surface area contributed by atoms with Gasteiger partial charge in [-0.15, -0.1) is 11.8 Å². The zero-order valence-corrected chi connectivity index (χ0v) is 16.1. The first-order valence-corrected chi connectivity index (χ1v) is 9.39. The Labute approximate surface area is 153 Å². The number of thioether (sulfide) groups is 1. The quantitative estimate of drug-likeness (QED) is 0.652. The lowest BCUT2D eigenvalue weighted by Crippen LogP contribution is -2.19. The Balaban J connectivity index is 1.88. The van der Waals surface area contributed by atoms with Crippen LogP contribution in [-0.4, -0.2) is 33.1 Å². The molecule has 0 saturated heterocycles. The summed E-state index contributed by atoms with van der Waals surface area (Å²) in [5, 5.41) is 4.49. The minimum Gasteiger partial charge on any atom is -0.340 e. The van der Waals surface area contributed by atoms with E-state index >= 15 is 0 Å². The van der Waals surface area contributed by atoms with E-state index in [2.05, 4.69) is 52.4 Å². The van der Waals surface area contributed by atoms with E-state index in [1.54, 1.807) is 11.8 Å². The van der Waals surface area contributed by atoms with Crippen molar-refractivity contribution in [3.05, 3.63) is 53.5 Å². The van der Waals surface area contributed by atoms with Crippen molar-refractivity contribution >= 4 is 17.7 Å². The summed E-state index contributed by atoms with van der Waals surface area (Å²) in [5.74, 6) is 0.717. The van der Waals surface area contributed by atoms with Gasteiger partial charge in [-0.05, 0) is 43.9 Å².